The van der Waals surface area contributed by atoms with Crippen LogP contribution in [0.4, 0.5) is 13.2 Å². The fourth-order valence-electron chi connectivity index (χ4n) is 2.39. The Balaban J connectivity index is 2.30. The first kappa shape index (κ1) is 15.2. The molecule has 0 aromatic carbocycles. The molecule has 2 rings (SSSR count). The average Bonchev–Trinajstić information content (AvgIpc) is 2.45. The molecule has 1 amide bonds. The van der Waals surface area contributed by atoms with Crippen molar-refractivity contribution >= 4 is 17.7 Å². The van der Waals surface area contributed by atoms with Crippen molar-refractivity contribution in [2.75, 3.05) is 12.8 Å². The predicted octanol–water partition coefficient (Wildman–Crippen LogP) is 3.36. The molecule has 1 unspecified atom stereocenters. The Bertz CT molecular complexity index is 493. The normalized spacial score (nSPS) is 20.0. The van der Waals surface area contributed by atoms with Crippen molar-refractivity contribution in [1.29, 1.82) is 0 Å². The van der Waals surface area contributed by atoms with E-state index >= 15 is 0 Å². The number of halogens is 3. The van der Waals surface area contributed by atoms with E-state index in [1.807, 2.05) is 0 Å². The molecule has 110 valence electrons. The van der Waals surface area contributed by atoms with Crippen molar-refractivity contribution in [1.82, 2.24) is 9.88 Å². The van der Waals surface area contributed by atoms with Gasteiger partial charge in [-0.05, 0) is 37.7 Å². The lowest BCUT2D eigenvalue weighted by atomic mass is 10.0. The molecule has 20 heavy (non-hydrogen) atoms. The zero-order chi connectivity index (χ0) is 14.8. The number of nitrogens with zero attached hydrogens (tertiary/aromatic N) is 2. The Morgan fingerprint density at radius 1 is 1.45 bits per heavy atom. The number of carbonyl (C=O) groups excluding carboxylic acids is 1. The van der Waals surface area contributed by atoms with Gasteiger partial charge in [-0.15, -0.1) is 11.8 Å². The van der Waals surface area contributed by atoms with Crippen molar-refractivity contribution in [3.8, 4) is 0 Å². The first-order chi connectivity index (χ1) is 9.45. The standard InChI is InChI=1S/C13H15F3N2OS/c1-20-11-9(5-4-7-17-11)12(19)18-8-3-2-6-10(18)13(14,15)16/h4-5,7,10H,2-3,6,8H2,1H3. The summed E-state index contributed by atoms with van der Waals surface area (Å²) < 4.78 is 39.1. The first-order valence-corrected chi connectivity index (χ1v) is 7.54. The molecule has 1 aromatic heterocycles. The van der Waals surface area contributed by atoms with Crippen LogP contribution in [0.25, 0.3) is 0 Å². The highest BCUT2D eigenvalue weighted by atomic mass is 32.2. The molecule has 1 saturated heterocycles. The summed E-state index contributed by atoms with van der Waals surface area (Å²) in [6.07, 6.45) is -0.0257. The Kier molecular flexibility index (Phi) is 4.57. The van der Waals surface area contributed by atoms with Gasteiger partial charge < -0.3 is 4.90 Å². The Labute approximate surface area is 119 Å². The fraction of sp³-hybridized carbons (Fsp3) is 0.538. The van der Waals surface area contributed by atoms with Crippen LogP contribution in [-0.4, -0.2) is 40.8 Å². The van der Waals surface area contributed by atoms with Crippen molar-refractivity contribution in [2.24, 2.45) is 0 Å². The molecule has 1 aliphatic heterocycles. The maximum atomic E-state index is 13.0. The number of carbonyl (C=O) groups is 1. The number of amides is 1. The predicted molar refractivity (Wildman–Crippen MR) is 70.7 cm³/mol. The van der Waals surface area contributed by atoms with E-state index < -0.39 is 18.1 Å². The number of thioether (sulfide) groups is 1. The van der Waals surface area contributed by atoms with Crippen LogP contribution in [0.5, 0.6) is 0 Å². The third kappa shape index (κ3) is 3.08. The maximum Gasteiger partial charge on any atom is 0.408 e. The molecule has 0 saturated carbocycles. The second kappa shape index (κ2) is 6.03. The number of hydrogen-bond donors (Lipinski definition) is 0. The molecule has 1 atom stereocenters. The van der Waals surface area contributed by atoms with Crippen LogP contribution in [0, 0.1) is 0 Å². The van der Waals surface area contributed by atoms with E-state index in [9.17, 15) is 18.0 Å². The summed E-state index contributed by atoms with van der Waals surface area (Å²) >= 11 is 1.26. The zero-order valence-corrected chi connectivity index (χ0v) is 11.8. The van der Waals surface area contributed by atoms with Gasteiger partial charge in [0.1, 0.15) is 11.1 Å². The molecule has 1 aliphatic rings. The molecule has 7 heteroatoms. The molecule has 0 N–H and O–H groups in total. The van der Waals surface area contributed by atoms with Gasteiger partial charge in [0.25, 0.3) is 5.91 Å². The van der Waals surface area contributed by atoms with Crippen LogP contribution >= 0.6 is 11.8 Å². The van der Waals surface area contributed by atoms with E-state index in [1.165, 1.54) is 24.0 Å². The minimum Gasteiger partial charge on any atom is -0.326 e. The SMILES string of the molecule is CSc1ncccc1C(=O)N1CCCCC1C(F)(F)F. The second-order valence-electron chi connectivity index (χ2n) is 4.61. The lowest BCUT2D eigenvalue weighted by molar-refractivity contribution is -0.183. The summed E-state index contributed by atoms with van der Waals surface area (Å²) in [5.74, 6) is -0.579. The van der Waals surface area contributed by atoms with Crippen molar-refractivity contribution in [3.63, 3.8) is 0 Å². The van der Waals surface area contributed by atoms with Crippen LogP contribution < -0.4 is 0 Å². The minimum atomic E-state index is -4.38. The minimum absolute atomic E-state index is 0.0237. The van der Waals surface area contributed by atoms with Gasteiger partial charge in [0.15, 0.2) is 0 Å². The number of hydrogen-bond acceptors (Lipinski definition) is 3. The number of likely N-dealkylation sites (tertiary alicyclic amines) is 1. The molecular weight excluding hydrogens is 289 g/mol. The molecule has 0 bridgehead atoms. The van der Waals surface area contributed by atoms with Gasteiger partial charge in [0, 0.05) is 12.7 Å². The van der Waals surface area contributed by atoms with Crippen LogP contribution in [0.1, 0.15) is 29.6 Å². The van der Waals surface area contributed by atoms with Gasteiger partial charge >= 0.3 is 6.18 Å². The Hall–Kier alpha value is -1.24. The summed E-state index contributed by atoms with van der Waals surface area (Å²) in [6.45, 7) is 0.145. The van der Waals surface area contributed by atoms with Crippen LogP contribution in [0.15, 0.2) is 23.4 Å². The summed E-state index contributed by atoms with van der Waals surface area (Å²) in [7, 11) is 0. The zero-order valence-electron chi connectivity index (χ0n) is 11.0. The molecular formula is C13H15F3N2OS. The van der Waals surface area contributed by atoms with Gasteiger partial charge in [0.05, 0.1) is 5.56 Å². The highest BCUT2D eigenvalue weighted by molar-refractivity contribution is 7.98. The number of rotatable bonds is 2. The second-order valence-corrected chi connectivity index (χ2v) is 5.41. The lowest BCUT2D eigenvalue weighted by Crippen LogP contribution is -2.51. The lowest BCUT2D eigenvalue weighted by Gasteiger charge is -2.36. The average molecular weight is 304 g/mol. The van der Waals surface area contributed by atoms with E-state index in [2.05, 4.69) is 4.98 Å². The molecule has 1 fully saturated rings. The topological polar surface area (TPSA) is 33.2 Å². The Morgan fingerprint density at radius 2 is 2.20 bits per heavy atom. The van der Waals surface area contributed by atoms with Crippen molar-refractivity contribution < 1.29 is 18.0 Å². The number of piperidine rings is 1. The summed E-state index contributed by atoms with van der Waals surface area (Å²) in [4.78, 5) is 17.4. The van der Waals surface area contributed by atoms with E-state index in [0.717, 1.165) is 4.90 Å². The van der Waals surface area contributed by atoms with Crippen LogP contribution in [0.2, 0.25) is 0 Å². The fourth-order valence-corrected chi connectivity index (χ4v) is 2.93. The summed E-state index contributed by atoms with van der Waals surface area (Å²) in [5, 5.41) is 0.462. The van der Waals surface area contributed by atoms with E-state index in [0.29, 0.717) is 17.9 Å². The smallest absolute Gasteiger partial charge is 0.326 e. The van der Waals surface area contributed by atoms with Gasteiger partial charge in [-0.2, -0.15) is 13.2 Å². The quantitative estimate of drug-likeness (QED) is 0.786. The maximum absolute atomic E-state index is 13.0. The highest BCUT2D eigenvalue weighted by Crippen LogP contribution is 2.33. The summed E-state index contributed by atoms with van der Waals surface area (Å²) in [6, 6.07) is 1.42. The number of pyridine rings is 1. The molecule has 0 radical (unpaired) electrons. The van der Waals surface area contributed by atoms with Gasteiger partial charge in [-0.3, -0.25) is 4.79 Å². The Morgan fingerprint density at radius 3 is 2.85 bits per heavy atom. The monoisotopic (exact) mass is 304 g/mol. The third-order valence-corrected chi connectivity index (χ3v) is 4.05. The van der Waals surface area contributed by atoms with Crippen molar-refractivity contribution in [3.05, 3.63) is 23.9 Å². The molecule has 3 nitrogen and oxygen atoms in total. The van der Waals surface area contributed by atoms with E-state index in [1.54, 1.807) is 12.3 Å². The first-order valence-electron chi connectivity index (χ1n) is 6.32. The third-order valence-electron chi connectivity index (χ3n) is 3.34. The molecule has 2 heterocycles. The van der Waals surface area contributed by atoms with Crippen LogP contribution in [-0.2, 0) is 0 Å². The van der Waals surface area contributed by atoms with E-state index in [4.69, 9.17) is 0 Å². The molecule has 0 spiro atoms. The van der Waals surface area contributed by atoms with Gasteiger partial charge in [-0.1, -0.05) is 0 Å². The van der Waals surface area contributed by atoms with Crippen molar-refractivity contribution in [2.45, 2.75) is 36.5 Å². The van der Waals surface area contributed by atoms with Crippen LogP contribution in [0.3, 0.4) is 0 Å². The van der Waals surface area contributed by atoms with Gasteiger partial charge in [-0.25, -0.2) is 4.98 Å². The number of aromatic nitrogens is 1. The molecule has 1 aromatic rings. The van der Waals surface area contributed by atoms with E-state index in [-0.39, 0.29) is 18.5 Å². The highest BCUT2D eigenvalue weighted by Gasteiger charge is 2.46. The largest absolute Gasteiger partial charge is 0.408 e. The van der Waals surface area contributed by atoms with Gasteiger partial charge in [0.2, 0.25) is 0 Å². The summed E-state index contributed by atoms with van der Waals surface area (Å²) in [5.41, 5.74) is 0.246. The molecule has 0 aliphatic carbocycles. The number of alkyl halides is 3.